The quantitative estimate of drug-likeness (QED) is 0.833. The van der Waals surface area contributed by atoms with E-state index in [2.05, 4.69) is 4.98 Å². The van der Waals surface area contributed by atoms with Crippen LogP contribution in [0.2, 0.25) is 0 Å². The van der Waals surface area contributed by atoms with Gasteiger partial charge < -0.3 is 4.74 Å². The number of aromatic nitrogens is 1. The van der Waals surface area contributed by atoms with Crippen molar-refractivity contribution in [1.29, 1.82) is 0 Å². The summed E-state index contributed by atoms with van der Waals surface area (Å²) in [4.78, 5) is 4.02. The molecule has 0 aliphatic carbocycles. The first kappa shape index (κ1) is 13.2. The lowest BCUT2D eigenvalue weighted by Crippen LogP contribution is -2.60. The van der Waals surface area contributed by atoms with Crippen molar-refractivity contribution in [3.05, 3.63) is 24.5 Å². The van der Waals surface area contributed by atoms with Gasteiger partial charge >= 0.3 is 0 Å². The standard InChI is InChI=1S/C12H16N2O3S2/c1-19(15,16)14-8-12(9-14)5-11(7-18-12)17-10-3-2-4-13-6-10/h2-4,6,11H,5,7-9H2,1H3/t11-/m1/s1. The van der Waals surface area contributed by atoms with Gasteiger partial charge in [0.2, 0.25) is 10.0 Å². The number of hydrogen-bond donors (Lipinski definition) is 0. The van der Waals surface area contributed by atoms with Crippen molar-refractivity contribution in [3.63, 3.8) is 0 Å². The van der Waals surface area contributed by atoms with Crippen molar-refractivity contribution in [1.82, 2.24) is 9.29 Å². The molecular weight excluding hydrogens is 284 g/mol. The molecule has 19 heavy (non-hydrogen) atoms. The van der Waals surface area contributed by atoms with Crippen molar-refractivity contribution in [2.75, 3.05) is 25.1 Å². The minimum absolute atomic E-state index is 0.0654. The fraction of sp³-hybridized carbons (Fsp3) is 0.583. The SMILES string of the molecule is CS(=O)(=O)N1CC2(C[C@@H](Oc3cccnc3)CS2)C1. The Labute approximate surface area is 117 Å². The summed E-state index contributed by atoms with van der Waals surface area (Å²) in [6.45, 7) is 1.23. The summed E-state index contributed by atoms with van der Waals surface area (Å²) in [5.74, 6) is 1.69. The molecule has 5 nitrogen and oxygen atoms in total. The first-order chi connectivity index (χ1) is 8.97. The van der Waals surface area contributed by atoms with Crippen LogP contribution in [-0.4, -0.2) is 53.7 Å². The molecule has 0 aromatic carbocycles. The molecule has 0 N–H and O–H groups in total. The predicted octanol–water partition coefficient (Wildman–Crippen LogP) is 0.980. The van der Waals surface area contributed by atoms with Gasteiger partial charge in [-0.15, -0.1) is 11.8 Å². The van der Waals surface area contributed by atoms with Gasteiger partial charge in [-0.05, 0) is 12.1 Å². The van der Waals surface area contributed by atoms with Crippen LogP contribution in [0.4, 0.5) is 0 Å². The summed E-state index contributed by atoms with van der Waals surface area (Å²) in [6.07, 6.45) is 5.74. The average molecular weight is 300 g/mol. The van der Waals surface area contributed by atoms with Crippen molar-refractivity contribution < 1.29 is 13.2 Å². The van der Waals surface area contributed by atoms with Crippen LogP contribution in [0.5, 0.6) is 5.75 Å². The summed E-state index contributed by atoms with van der Waals surface area (Å²) >= 11 is 1.83. The molecule has 1 spiro atoms. The highest BCUT2D eigenvalue weighted by Gasteiger charge is 2.52. The first-order valence-electron chi connectivity index (χ1n) is 6.13. The number of rotatable bonds is 3. The van der Waals surface area contributed by atoms with Gasteiger partial charge in [0, 0.05) is 36.2 Å². The van der Waals surface area contributed by atoms with Crippen LogP contribution in [0.25, 0.3) is 0 Å². The van der Waals surface area contributed by atoms with Crippen LogP contribution in [0.3, 0.4) is 0 Å². The molecule has 0 radical (unpaired) electrons. The van der Waals surface area contributed by atoms with E-state index < -0.39 is 10.0 Å². The monoisotopic (exact) mass is 300 g/mol. The summed E-state index contributed by atoms with van der Waals surface area (Å²) in [6, 6.07) is 3.74. The Morgan fingerprint density at radius 1 is 1.53 bits per heavy atom. The van der Waals surface area contributed by atoms with Gasteiger partial charge in [0.05, 0.1) is 12.5 Å². The minimum Gasteiger partial charge on any atom is -0.488 e. The number of pyridine rings is 1. The van der Waals surface area contributed by atoms with Gasteiger partial charge in [-0.3, -0.25) is 4.98 Å². The van der Waals surface area contributed by atoms with E-state index in [0.29, 0.717) is 13.1 Å². The van der Waals surface area contributed by atoms with Crippen LogP contribution < -0.4 is 4.74 Å². The maximum absolute atomic E-state index is 11.4. The Morgan fingerprint density at radius 2 is 2.32 bits per heavy atom. The number of nitrogens with zero attached hydrogens (tertiary/aromatic N) is 2. The molecule has 0 unspecified atom stereocenters. The van der Waals surface area contributed by atoms with Crippen LogP contribution >= 0.6 is 11.8 Å². The molecule has 1 aromatic heterocycles. The van der Waals surface area contributed by atoms with Gasteiger partial charge in [0.25, 0.3) is 0 Å². The second-order valence-electron chi connectivity index (χ2n) is 5.16. The summed E-state index contributed by atoms with van der Waals surface area (Å²) < 4.78 is 30.3. The molecule has 2 fully saturated rings. The fourth-order valence-corrected chi connectivity index (χ4v) is 5.19. The van der Waals surface area contributed by atoms with Gasteiger partial charge in [0.15, 0.2) is 0 Å². The molecule has 3 rings (SSSR count). The second kappa shape index (κ2) is 4.64. The third-order valence-corrected chi connectivity index (χ3v) is 6.28. The van der Waals surface area contributed by atoms with Crippen molar-refractivity contribution in [2.24, 2.45) is 0 Å². The van der Waals surface area contributed by atoms with Gasteiger partial charge in [-0.25, -0.2) is 8.42 Å². The third-order valence-electron chi connectivity index (χ3n) is 3.51. The molecule has 3 heterocycles. The summed E-state index contributed by atoms with van der Waals surface area (Å²) in [7, 11) is -3.04. The molecule has 1 aromatic rings. The Hall–Kier alpha value is -0.790. The van der Waals surface area contributed by atoms with E-state index in [4.69, 9.17) is 4.74 Å². The molecule has 1 atom stereocenters. The predicted molar refractivity (Wildman–Crippen MR) is 74.9 cm³/mol. The summed E-state index contributed by atoms with van der Waals surface area (Å²) in [5.41, 5.74) is 0. The van der Waals surface area contributed by atoms with Gasteiger partial charge in [-0.1, -0.05) is 0 Å². The molecule has 2 saturated heterocycles. The lowest BCUT2D eigenvalue weighted by molar-refractivity contribution is 0.159. The Balaban J connectivity index is 1.57. The molecular formula is C12H16N2O3S2. The lowest BCUT2D eigenvalue weighted by Gasteiger charge is -2.45. The maximum Gasteiger partial charge on any atom is 0.211 e. The largest absolute Gasteiger partial charge is 0.488 e. The van der Waals surface area contributed by atoms with Crippen LogP contribution in [-0.2, 0) is 10.0 Å². The van der Waals surface area contributed by atoms with Crippen molar-refractivity contribution >= 4 is 21.8 Å². The van der Waals surface area contributed by atoms with E-state index in [0.717, 1.165) is 17.9 Å². The number of sulfonamides is 1. The lowest BCUT2D eigenvalue weighted by atomic mass is 9.95. The maximum atomic E-state index is 11.4. The Bertz CT molecular complexity index is 556. The number of thioether (sulfide) groups is 1. The van der Waals surface area contributed by atoms with Crippen molar-refractivity contribution in [3.8, 4) is 5.75 Å². The van der Waals surface area contributed by atoms with Gasteiger partial charge in [-0.2, -0.15) is 4.31 Å². The Morgan fingerprint density at radius 3 is 2.95 bits per heavy atom. The summed E-state index contributed by atoms with van der Waals surface area (Å²) in [5, 5.41) is 0. The van der Waals surface area contributed by atoms with Crippen LogP contribution in [0, 0.1) is 0 Å². The highest BCUT2D eigenvalue weighted by Crippen LogP contribution is 2.46. The normalized spacial score (nSPS) is 26.3. The third kappa shape index (κ3) is 2.73. The van der Waals surface area contributed by atoms with E-state index in [1.165, 1.54) is 10.6 Å². The molecule has 0 bridgehead atoms. The zero-order chi connectivity index (χ0) is 13.5. The van der Waals surface area contributed by atoms with Gasteiger partial charge in [0.1, 0.15) is 11.9 Å². The zero-order valence-electron chi connectivity index (χ0n) is 10.7. The van der Waals surface area contributed by atoms with E-state index >= 15 is 0 Å². The molecule has 2 aliphatic heterocycles. The smallest absolute Gasteiger partial charge is 0.211 e. The topological polar surface area (TPSA) is 59.5 Å². The fourth-order valence-electron chi connectivity index (χ4n) is 2.54. The van der Waals surface area contributed by atoms with E-state index in [1.807, 2.05) is 23.9 Å². The number of hydrogen-bond acceptors (Lipinski definition) is 5. The number of ether oxygens (including phenoxy) is 1. The first-order valence-corrected chi connectivity index (χ1v) is 8.96. The van der Waals surface area contributed by atoms with Crippen molar-refractivity contribution in [2.45, 2.75) is 17.3 Å². The highest BCUT2D eigenvalue weighted by atomic mass is 32.2. The van der Waals surface area contributed by atoms with E-state index in [9.17, 15) is 8.42 Å². The highest BCUT2D eigenvalue weighted by molar-refractivity contribution is 8.01. The molecule has 7 heteroatoms. The van der Waals surface area contributed by atoms with Crippen LogP contribution in [0.1, 0.15) is 6.42 Å². The molecule has 0 saturated carbocycles. The second-order valence-corrected chi connectivity index (χ2v) is 8.63. The average Bonchev–Trinajstić information content (AvgIpc) is 2.71. The Kier molecular flexibility index (Phi) is 3.23. The molecule has 0 amide bonds. The van der Waals surface area contributed by atoms with Crippen LogP contribution in [0.15, 0.2) is 24.5 Å². The molecule has 104 valence electrons. The minimum atomic E-state index is -3.04. The zero-order valence-corrected chi connectivity index (χ0v) is 12.3. The van der Waals surface area contributed by atoms with E-state index in [1.54, 1.807) is 12.4 Å². The molecule has 2 aliphatic rings. The van der Waals surface area contributed by atoms with E-state index in [-0.39, 0.29) is 10.9 Å².